The van der Waals surface area contributed by atoms with Crippen molar-refractivity contribution >= 4 is 47.3 Å². The Morgan fingerprint density at radius 2 is 1.34 bits per heavy atom. The summed E-state index contributed by atoms with van der Waals surface area (Å²) < 4.78 is 0. The number of carboxylic acid groups (broad SMARTS) is 2. The first-order chi connectivity index (χ1) is 17.9. The number of carboxylic acids is 2. The standard InChI is InChI=1S/C24H35N5O8S/c1-38-12-11-17(23(35)29-18(24(36)37)7-9-19(26)30)28-22(34)16(8-10-20(31)32)27-21(33)15(25)13-14-5-3-2-4-6-14/h2-6,15-18H,7-13,25H2,1H3,(H2,26,30)(H,27,33)(H,28,34)(H,29,35)(H,31,32)(H,36,37). The fraction of sp³-hybridized carbons (Fsp3) is 0.500. The van der Waals surface area contributed by atoms with Crippen LogP contribution in [0, 0.1) is 0 Å². The van der Waals surface area contributed by atoms with Crippen molar-refractivity contribution in [2.45, 2.75) is 62.7 Å². The van der Waals surface area contributed by atoms with Gasteiger partial charge in [0, 0.05) is 12.8 Å². The second-order valence-corrected chi connectivity index (χ2v) is 9.52. The number of carbonyl (C=O) groups is 6. The van der Waals surface area contributed by atoms with Gasteiger partial charge in [0.1, 0.15) is 18.1 Å². The Bertz CT molecular complexity index is 978. The van der Waals surface area contributed by atoms with Gasteiger partial charge in [-0.2, -0.15) is 11.8 Å². The molecule has 0 saturated carbocycles. The number of thioether (sulfide) groups is 1. The number of hydrogen-bond donors (Lipinski definition) is 7. The van der Waals surface area contributed by atoms with Crippen LogP contribution in [0.5, 0.6) is 0 Å². The van der Waals surface area contributed by atoms with Gasteiger partial charge < -0.3 is 37.6 Å². The maximum atomic E-state index is 13.1. The van der Waals surface area contributed by atoms with Crippen LogP contribution in [0.2, 0.25) is 0 Å². The first-order valence-electron chi connectivity index (χ1n) is 11.9. The molecular weight excluding hydrogens is 518 g/mol. The molecule has 0 bridgehead atoms. The monoisotopic (exact) mass is 553 g/mol. The summed E-state index contributed by atoms with van der Waals surface area (Å²) in [5, 5.41) is 25.7. The lowest BCUT2D eigenvalue weighted by Gasteiger charge is -2.25. The first kappa shape index (κ1) is 32.4. The minimum Gasteiger partial charge on any atom is -0.481 e. The van der Waals surface area contributed by atoms with Crippen molar-refractivity contribution in [3.63, 3.8) is 0 Å². The third-order valence-electron chi connectivity index (χ3n) is 5.45. The fourth-order valence-corrected chi connectivity index (χ4v) is 3.84. The van der Waals surface area contributed by atoms with Crippen LogP contribution in [-0.4, -0.2) is 82.0 Å². The number of primary amides is 1. The summed E-state index contributed by atoms with van der Waals surface area (Å²) in [5.41, 5.74) is 11.8. The van der Waals surface area contributed by atoms with Crippen LogP contribution in [0.1, 0.15) is 37.7 Å². The highest BCUT2D eigenvalue weighted by molar-refractivity contribution is 7.98. The molecule has 4 amide bonds. The average molecular weight is 554 g/mol. The number of carbonyl (C=O) groups excluding carboxylic acids is 4. The molecule has 0 aliphatic heterocycles. The largest absolute Gasteiger partial charge is 0.481 e. The van der Waals surface area contributed by atoms with E-state index in [0.29, 0.717) is 5.75 Å². The second kappa shape index (κ2) is 17.0. The fourth-order valence-electron chi connectivity index (χ4n) is 3.37. The molecule has 0 heterocycles. The zero-order valence-corrected chi connectivity index (χ0v) is 21.9. The molecule has 1 aromatic carbocycles. The third kappa shape index (κ3) is 12.5. The Hall–Kier alpha value is -3.65. The number of amides is 4. The van der Waals surface area contributed by atoms with Gasteiger partial charge in [-0.25, -0.2) is 4.79 Å². The van der Waals surface area contributed by atoms with Gasteiger partial charge >= 0.3 is 11.9 Å². The van der Waals surface area contributed by atoms with E-state index in [1.807, 2.05) is 0 Å². The number of hydrogen-bond acceptors (Lipinski definition) is 8. The van der Waals surface area contributed by atoms with Crippen LogP contribution in [-0.2, 0) is 35.2 Å². The van der Waals surface area contributed by atoms with Crippen molar-refractivity contribution in [3.8, 4) is 0 Å². The maximum Gasteiger partial charge on any atom is 0.326 e. The van der Waals surface area contributed by atoms with E-state index < -0.39 is 66.2 Å². The topological polar surface area (TPSA) is 231 Å². The number of benzene rings is 1. The minimum absolute atomic E-state index is 0.119. The Balaban J connectivity index is 2.97. The van der Waals surface area contributed by atoms with Gasteiger partial charge in [0.15, 0.2) is 0 Å². The third-order valence-corrected chi connectivity index (χ3v) is 6.10. The summed E-state index contributed by atoms with van der Waals surface area (Å²) in [5.74, 6) is -5.20. The predicted molar refractivity (Wildman–Crippen MR) is 140 cm³/mol. The summed E-state index contributed by atoms with van der Waals surface area (Å²) in [4.78, 5) is 72.3. The van der Waals surface area contributed by atoms with Crippen molar-refractivity contribution in [1.29, 1.82) is 0 Å². The molecule has 0 fully saturated rings. The average Bonchev–Trinajstić information content (AvgIpc) is 2.86. The van der Waals surface area contributed by atoms with Crippen molar-refractivity contribution in [2.75, 3.05) is 12.0 Å². The number of nitrogens with one attached hydrogen (secondary N) is 3. The van der Waals surface area contributed by atoms with Gasteiger partial charge in [-0.15, -0.1) is 0 Å². The molecule has 14 heteroatoms. The molecule has 13 nitrogen and oxygen atoms in total. The van der Waals surface area contributed by atoms with Gasteiger partial charge in [0.25, 0.3) is 0 Å². The Kier molecular flexibility index (Phi) is 14.5. The van der Waals surface area contributed by atoms with Crippen LogP contribution in [0.4, 0.5) is 0 Å². The van der Waals surface area contributed by atoms with Gasteiger partial charge in [-0.1, -0.05) is 30.3 Å². The van der Waals surface area contributed by atoms with E-state index in [2.05, 4.69) is 16.0 Å². The smallest absolute Gasteiger partial charge is 0.326 e. The molecule has 0 radical (unpaired) electrons. The summed E-state index contributed by atoms with van der Waals surface area (Å²) in [6, 6.07) is 4.01. The van der Waals surface area contributed by atoms with Gasteiger partial charge in [0.05, 0.1) is 6.04 Å². The van der Waals surface area contributed by atoms with Crippen LogP contribution < -0.4 is 27.4 Å². The SMILES string of the molecule is CSCCC(NC(=O)C(CCC(=O)O)NC(=O)C(N)Cc1ccccc1)C(=O)NC(CCC(N)=O)C(=O)O. The Morgan fingerprint density at radius 3 is 1.87 bits per heavy atom. The van der Waals surface area contributed by atoms with E-state index in [1.54, 1.807) is 36.6 Å². The number of nitrogens with two attached hydrogens (primary N) is 2. The predicted octanol–water partition coefficient (Wildman–Crippen LogP) is -1.02. The van der Waals surface area contributed by atoms with E-state index in [0.717, 1.165) is 5.56 Å². The molecule has 1 aromatic rings. The molecule has 0 aliphatic rings. The molecule has 1 rings (SSSR count). The van der Waals surface area contributed by atoms with E-state index in [-0.39, 0.29) is 32.1 Å². The maximum absolute atomic E-state index is 13.1. The second-order valence-electron chi connectivity index (χ2n) is 8.54. The van der Waals surface area contributed by atoms with Crippen LogP contribution in [0.15, 0.2) is 30.3 Å². The van der Waals surface area contributed by atoms with E-state index in [9.17, 15) is 33.9 Å². The van der Waals surface area contributed by atoms with Crippen molar-refractivity contribution in [3.05, 3.63) is 35.9 Å². The van der Waals surface area contributed by atoms with Crippen molar-refractivity contribution in [2.24, 2.45) is 11.5 Å². The van der Waals surface area contributed by atoms with Gasteiger partial charge in [0.2, 0.25) is 23.6 Å². The van der Waals surface area contributed by atoms with Gasteiger partial charge in [-0.3, -0.25) is 24.0 Å². The molecular formula is C24H35N5O8S. The molecule has 0 saturated heterocycles. The Morgan fingerprint density at radius 1 is 0.816 bits per heavy atom. The number of aliphatic carboxylic acids is 2. The quantitative estimate of drug-likeness (QED) is 0.117. The number of rotatable bonds is 18. The molecule has 9 N–H and O–H groups in total. The highest BCUT2D eigenvalue weighted by Gasteiger charge is 2.30. The molecule has 0 aromatic heterocycles. The lowest BCUT2D eigenvalue weighted by atomic mass is 10.0. The summed E-state index contributed by atoms with van der Waals surface area (Å²) >= 11 is 1.38. The van der Waals surface area contributed by atoms with Crippen molar-refractivity contribution < 1.29 is 39.0 Å². The molecule has 38 heavy (non-hydrogen) atoms. The summed E-state index contributed by atoms with van der Waals surface area (Å²) in [6.45, 7) is 0. The van der Waals surface area contributed by atoms with E-state index in [4.69, 9.17) is 16.6 Å². The zero-order chi connectivity index (χ0) is 28.7. The van der Waals surface area contributed by atoms with Crippen molar-refractivity contribution in [1.82, 2.24) is 16.0 Å². The van der Waals surface area contributed by atoms with Crippen LogP contribution >= 0.6 is 11.8 Å². The minimum atomic E-state index is -1.41. The van der Waals surface area contributed by atoms with Gasteiger partial charge in [-0.05, 0) is 43.3 Å². The van der Waals surface area contributed by atoms with Crippen LogP contribution in [0.25, 0.3) is 0 Å². The highest BCUT2D eigenvalue weighted by atomic mass is 32.2. The molecule has 0 aliphatic carbocycles. The normalized spacial score (nSPS) is 13.8. The van der Waals surface area contributed by atoms with Crippen LogP contribution in [0.3, 0.4) is 0 Å². The lowest BCUT2D eigenvalue weighted by molar-refractivity contribution is -0.142. The molecule has 4 atom stereocenters. The summed E-state index contributed by atoms with van der Waals surface area (Å²) in [6.07, 6.45) is 0.852. The lowest BCUT2D eigenvalue weighted by Crippen LogP contribution is -2.57. The molecule has 210 valence electrons. The highest BCUT2D eigenvalue weighted by Crippen LogP contribution is 2.07. The molecule has 4 unspecified atom stereocenters. The molecule has 0 spiro atoms. The summed E-state index contributed by atoms with van der Waals surface area (Å²) in [7, 11) is 0. The van der Waals surface area contributed by atoms with E-state index in [1.165, 1.54) is 11.8 Å². The first-order valence-corrected chi connectivity index (χ1v) is 13.3. The Labute approximate surface area is 224 Å². The van der Waals surface area contributed by atoms with E-state index >= 15 is 0 Å². The zero-order valence-electron chi connectivity index (χ0n) is 21.1.